The highest BCUT2D eigenvalue weighted by Crippen LogP contribution is 2.35. The van der Waals surface area contributed by atoms with Gasteiger partial charge in [-0.15, -0.1) is 23.1 Å². The molecule has 1 saturated heterocycles. The van der Waals surface area contributed by atoms with Crippen LogP contribution in [-0.2, 0) is 4.79 Å². The Labute approximate surface area is 128 Å². The molecule has 1 aliphatic heterocycles. The third-order valence-corrected chi connectivity index (χ3v) is 5.90. The van der Waals surface area contributed by atoms with Crippen LogP contribution in [0.3, 0.4) is 0 Å². The summed E-state index contributed by atoms with van der Waals surface area (Å²) in [6.07, 6.45) is 1.76. The maximum absolute atomic E-state index is 12.5. The van der Waals surface area contributed by atoms with Crippen molar-refractivity contribution < 1.29 is 14.7 Å². The molecule has 1 amide bonds. The highest BCUT2D eigenvalue weighted by Gasteiger charge is 2.41. The van der Waals surface area contributed by atoms with E-state index in [0.717, 1.165) is 16.6 Å². The average Bonchev–Trinajstić information content (AvgIpc) is 2.95. The quantitative estimate of drug-likeness (QED) is 0.891. The maximum atomic E-state index is 12.5. The topological polar surface area (TPSA) is 57.6 Å². The summed E-state index contributed by atoms with van der Waals surface area (Å²) >= 11 is 6.22. The van der Waals surface area contributed by atoms with Gasteiger partial charge in [-0.05, 0) is 34.5 Å². The van der Waals surface area contributed by atoms with Crippen molar-refractivity contribution in [2.45, 2.75) is 31.2 Å². The number of hydrogen-bond acceptors (Lipinski definition) is 4. The summed E-state index contributed by atoms with van der Waals surface area (Å²) in [5.41, 5.74) is 0. The average molecular weight is 364 g/mol. The first kappa shape index (κ1) is 14.9. The van der Waals surface area contributed by atoms with Crippen LogP contribution in [-0.4, -0.2) is 39.1 Å². The van der Waals surface area contributed by atoms with Crippen LogP contribution < -0.4 is 0 Å². The van der Waals surface area contributed by atoms with Crippen LogP contribution in [0, 0.1) is 0 Å². The summed E-state index contributed by atoms with van der Waals surface area (Å²) in [5, 5.41) is 9.23. The van der Waals surface area contributed by atoms with E-state index in [1.165, 1.54) is 16.2 Å². The number of aliphatic carboxylic acids is 1. The largest absolute Gasteiger partial charge is 0.480 e. The molecule has 2 rings (SSSR count). The maximum Gasteiger partial charge on any atom is 0.327 e. The van der Waals surface area contributed by atoms with Gasteiger partial charge in [0.25, 0.3) is 5.91 Å². The lowest BCUT2D eigenvalue weighted by atomic mass is 10.2. The summed E-state index contributed by atoms with van der Waals surface area (Å²) in [7, 11) is 0. The van der Waals surface area contributed by atoms with Gasteiger partial charge in [-0.2, -0.15) is 0 Å². The number of halogens is 1. The van der Waals surface area contributed by atoms with Gasteiger partial charge in [0, 0.05) is 5.75 Å². The number of carboxylic acid groups (broad SMARTS) is 1. The highest BCUT2D eigenvalue weighted by atomic mass is 79.9. The molecule has 0 saturated carbocycles. The number of amides is 1. The molecule has 1 N–H and O–H groups in total. The molecule has 0 radical (unpaired) electrons. The van der Waals surface area contributed by atoms with Crippen LogP contribution >= 0.6 is 39.0 Å². The third kappa shape index (κ3) is 3.14. The predicted molar refractivity (Wildman–Crippen MR) is 80.8 cm³/mol. The molecule has 0 aliphatic carbocycles. The zero-order valence-electron chi connectivity index (χ0n) is 10.3. The standard InChI is InChI=1S/C12H14BrNO3S2/c1-2-3-10-14(7(6-18-10)12(16)17)11(15)8-4-5-9(13)19-8/h4-5,7,10H,2-3,6H2,1H3,(H,16,17). The molecule has 1 aliphatic rings. The smallest absolute Gasteiger partial charge is 0.327 e. The van der Waals surface area contributed by atoms with Gasteiger partial charge in [0.15, 0.2) is 0 Å². The zero-order chi connectivity index (χ0) is 14.0. The van der Waals surface area contributed by atoms with Gasteiger partial charge >= 0.3 is 5.97 Å². The fourth-order valence-corrected chi connectivity index (χ4v) is 4.90. The molecule has 1 aromatic heterocycles. The van der Waals surface area contributed by atoms with Crippen LogP contribution in [0.15, 0.2) is 15.9 Å². The van der Waals surface area contributed by atoms with E-state index in [1.807, 2.05) is 13.0 Å². The van der Waals surface area contributed by atoms with Gasteiger partial charge in [-0.25, -0.2) is 4.79 Å². The Morgan fingerprint density at radius 1 is 1.53 bits per heavy atom. The molecule has 2 atom stereocenters. The van der Waals surface area contributed by atoms with Crippen molar-refractivity contribution in [3.8, 4) is 0 Å². The van der Waals surface area contributed by atoms with Gasteiger partial charge in [0.2, 0.25) is 0 Å². The Morgan fingerprint density at radius 3 is 2.79 bits per heavy atom. The van der Waals surface area contributed by atoms with E-state index < -0.39 is 12.0 Å². The Kier molecular flexibility index (Phi) is 4.92. The van der Waals surface area contributed by atoms with Crippen molar-refractivity contribution >= 4 is 50.9 Å². The second-order valence-electron chi connectivity index (χ2n) is 4.25. The van der Waals surface area contributed by atoms with Crippen LogP contribution in [0.5, 0.6) is 0 Å². The molecule has 1 aromatic rings. The number of thioether (sulfide) groups is 1. The minimum Gasteiger partial charge on any atom is -0.480 e. The van der Waals surface area contributed by atoms with E-state index in [2.05, 4.69) is 15.9 Å². The van der Waals surface area contributed by atoms with Crippen molar-refractivity contribution in [2.24, 2.45) is 0 Å². The summed E-state index contributed by atoms with van der Waals surface area (Å²) in [6, 6.07) is 2.84. The third-order valence-electron chi connectivity index (χ3n) is 2.93. The fraction of sp³-hybridized carbons (Fsp3) is 0.500. The molecule has 2 unspecified atom stereocenters. The summed E-state index contributed by atoms with van der Waals surface area (Å²) in [6.45, 7) is 2.04. The minimum absolute atomic E-state index is 0.0283. The zero-order valence-corrected chi connectivity index (χ0v) is 13.6. The molecule has 7 heteroatoms. The summed E-state index contributed by atoms with van der Waals surface area (Å²) < 4.78 is 0.876. The van der Waals surface area contributed by atoms with E-state index in [-0.39, 0.29) is 11.3 Å². The van der Waals surface area contributed by atoms with E-state index in [4.69, 9.17) is 0 Å². The van der Waals surface area contributed by atoms with E-state index in [0.29, 0.717) is 10.6 Å². The fourth-order valence-electron chi connectivity index (χ4n) is 2.05. The van der Waals surface area contributed by atoms with E-state index in [9.17, 15) is 14.7 Å². The lowest BCUT2D eigenvalue weighted by molar-refractivity contribution is -0.141. The summed E-state index contributed by atoms with van der Waals surface area (Å²) in [5.74, 6) is -0.625. The number of carbonyl (C=O) groups excluding carboxylic acids is 1. The molecule has 2 heterocycles. The molecule has 0 spiro atoms. The summed E-state index contributed by atoms with van der Waals surface area (Å²) in [4.78, 5) is 25.9. The SMILES string of the molecule is CCCC1SCC(C(=O)O)N1C(=O)c1ccc(Br)s1. The van der Waals surface area contributed by atoms with Crippen molar-refractivity contribution in [1.82, 2.24) is 4.90 Å². The van der Waals surface area contributed by atoms with Crippen LogP contribution in [0.2, 0.25) is 0 Å². The Hall–Kier alpha value is -0.530. The number of rotatable bonds is 4. The first-order valence-corrected chi connectivity index (χ1v) is 8.62. The minimum atomic E-state index is -0.921. The molecular weight excluding hydrogens is 350 g/mol. The molecule has 1 fully saturated rings. The number of thiophene rings is 1. The molecule has 0 bridgehead atoms. The Bertz CT molecular complexity index is 491. The first-order chi connectivity index (χ1) is 9.04. The normalized spacial score (nSPS) is 22.7. The van der Waals surface area contributed by atoms with Gasteiger partial charge < -0.3 is 10.0 Å². The van der Waals surface area contributed by atoms with E-state index in [1.54, 1.807) is 17.8 Å². The van der Waals surface area contributed by atoms with Gasteiger partial charge in [0.05, 0.1) is 14.0 Å². The van der Waals surface area contributed by atoms with E-state index >= 15 is 0 Å². The molecule has 0 aromatic carbocycles. The first-order valence-electron chi connectivity index (χ1n) is 5.97. The number of nitrogens with zero attached hydrogens (tertiary/aromatic N) is 1. The second-order valence-corrected chi connectivity index (χ2v) is 7.92. The van der Waals surface area contributed by atoms with Crippen molar-refractivity contribution in [3.05, 3.63) is 20.8 Å². The predicted octanol–water partition coefficient (Wildman–Crippen LogP) is 3.28. The molecule has 104 valence electrons. The number of carbonyl (C=O) groups is 2. The van der Waals surface area contributed by atoms with Gasteiger partial charge in [-0.1, -0.05) is 13.3 Å². The number of hydrogen-bond donors (Lipinski definition) is 1. The lowest BCUT2D eigenvalue weighted by Gasteiger charge is -2.26. The monoisotopic (exact) mass is 363 g/mol. The van der Waals surface area contributed by atoms with Crippen LogP contribution in [0.1, 0.15) is 29.4 Å². The van der Waals surface area contributed by atoms with Gasteiger partial charge in [-0.3, -0.25) is 4.79 Å². The van der Waals surface area contributed by atoms with Crippen LogP contribution in [0.4, 0.5) is 0 Å². The Morgan fingerprint density at radius 2 is 2.26 bits per heavy atom. The molecule has 4 nitrogen and oxygen atoms in total. The van der Waals surface area contributed by atoms with Crippen molar-refractivity contribution in [2.75, 3.05) is 5.75 Å². The van der Waals surface area contributed by atoms with Gasteiger partial charge in [0.1, 0.15) is 6.04 Å². The molecule has 19 heavy (non-hydrogen) atoms. The van der Waals surface area contributed by atoms with Crippen LogP contribution in [0.25, 0.3) is 0 Å². The Balaban J connectivity index is 2.25. The second kappa shape index (κ2) is 6.28. The highest BCUT2D eigenvalue weighted by molar-refractivity contribution is 9.11. The van der Waals surface area contributed by atoms with Crippen molar-refractivity contribution in [3.63, 3.8) is 0 Å². The lowest BCUT2D eigenvalue weighted by Crippen LogP contribution is -2.45. The van der Waals surface area contributed by atoms with Crippen molar-refractivity contribution in [1.29, 1.82) is 0 Å². The number of carboxylic acids is 1. The molecular formula is C12H14BrNO3S2.